The average molecular weight is 235 g/mol. The number of aromatic nitrogens is 1. The summed E-state index contributed by atoms with van der Waals surface area (Å²) in [6.45, 7) is 1.91. The van der Waals surface area contributed by atoms with Gasteiger partial charge in [0.2, 0.25) is 5.76 Å². The van der Waals surface area contributed by atoms with Gasteiger partial charge in [-0.3, -0.25) is 0 Å². The maximum absolute atomic E-state index is 11.0. The molecular formula is C13H17NO3. The number of aromatic carboxylic acids is 1. The first-order valence-corrected chi connectivity index (χ1v) is 6.42. The molecule has 1 aromatic heterocycles. The van der Waals surface area contributed by atoms with E-state index in [1.807, 2.05) is 6.92 Å². The Kier molecular flexibility index (Phi) is 2.45. The topological polar surface area (TPSA) is 63.3 Å². The summed E-state index contributed by atoms with van der Waals surface area (Å²) in [5.41, 5.74) is 0.593. The van der Waals surface area contributed by atoms with Crippen molar-refractivity contribution in [2.75, 3.05) is 0 Å². The summed E-state index contributed by atoms with van der Waals surface area (Å²) in [4.78, 5) is 15.4. The Bertz CT molecular complexity index is 452. The van der Waals surface area contributed by atoms with E-state index in [2.05, 4.69) is 4.98 Å². The number of fused-ring (bicyclic) bond motifs is 2. The van der Waals surface area contributed by atoms with Gasteiger partial charge < -0.3 is 9.52 Å². The molecule has 3 rings (SSSR count). The molecule has 0 spiro atoms. The minimum atomic E-state index is -0.997. The molecule has 4 nitrogen and oxygen atoms in total. The van der Waals surface area contributed by atoms with Gasteiger partial charge in [0.05, 0.1) is 5.69 Å². The predicted molar refractivity (Wildman–Crippen MR) is 61.0 cm³/mol. The van der Waals surface area contributed by atoms with E-state index >= 15 is 0 Å². The van der Waals surface area contributed by atoms with Crippen LogP contribution in [-0.4, -0.2) is 16.1 Å². The number of nitrogens with zero attached hydrogens (tertiary/aromatic N) is 1. The molecule has 2 aliphatic rings. The van der Waals surface area contributed by atoms with Gasteiger partial charge in [-0.1, -0.05) is 13.3 Å². The fourth-order valence-corrected chi connectivity index (χ4v) is 3.48. The van der Waals surface area contributed by atoms with Crippen molar-refractivity contribution < 1.29 is 14.3 Å². The maximum Gasteiger partial charge on any atom is 0.373 e. The summed E-state index contributed by atoms with van der Waals surface area (Å²) in [5, 5.41) is 9.05. The Morgan fingerprint density at radius 2 is 2.29 bits per heavy atom. The molecule has 3 unspecified atom stereocenters. The number of carbonyl (C=O) groups is 1. The molecule has 1 aromatic rings. The first-order valence-electron chi connectivity index (χ1n) is 6.42. The summed E-state index contributed by atoms with van der Waals surface area (Å²) < 4.78 is 5.49. The van der Waals surface area contributed by atoms with Gasteiger partial charge in [0.25, 0.3) is 0 Å². The van der Waals surface area contributed by atoms with Crippen LogP contribution in [0.15, 0.2) is 4.42 Å². The van der Waals surface area contributed by atoms with Crippen molar-refractivity contribution >= 4 is 5.97 Å². The molecule has 2 fully saturated rings. The zero-order valence-corrected chi connectivity index (χ0v) is 9.98. The zero-order valence-electron chi connectivity index (χ0n) is 9.98. The molecule has 1 heterocycles. The van der Waals surface area contributed by atoms with Crippen LogP contribution < -0.4 is 0 Å². The third-order valence-electron chi connectivity index (χ3n) is 4.30. The van der Waals surface area contributed by atoms with Gasteiger partial charge in [0.1, 0.15) is 0 Å². The van der Waals surface area contributed by atoms with Crippen molar-refractivity contribution in [2.45, 2.75) is 44.9 Å². The van der Waals surface area contributed by atoms with Crippen LogP contribution in [0, 0.1) is 11.8 Å². The molecule has 0 saturated heterocycles. The highest BCUT2D eigenvalue weighted by Crippen LogP contribution is 2.52. The molecule has 0 aromatic carbocycles. The number of rotatable bonds is 3. The van der Waals surface area contributed by atoms with Crippen LogP contribution >= 0.6 is 0 Å². The second-order valence-electron chi connectivity index (χ2n) is 5.27. The normalized spacial score (nSPS) is 31.0. The van der Waals surface area contributed by atoms with Crippen molar-refractivity contribution in [2.24, 2.45) is 11.8 Å². The second kappa shape index (κ2) is 3.86. The highest BCUT2D eigenvalue weighted by molar-refractivity contribution is 5.85. The summed E-state index contributed by atoms with van der Waals surface area (Å²) in [7, 11) is 0. The molecule has 0 amide bonds. The van der Waals surface area contributed by atoms with Crippen LogP contribution in [-0.2, 0) is 6.42 Å². The smallest absolute Gasteiger partial charge is 0.373 e. The highest BCUT2D eigenvalue weighted by atomic mass is 16.4. The number of carboxylic acids is 1. The lowest BCUT2D eigenvalue weighted by molar-refractivity contribution is 0.0657. The third kappa shape index (κ3) is 1.66. The van der Waals surface area contributed by atoms with E-state index in [1.54, 1.807) is 0 Å². The minimum Gasteiger partial charge on any atom is -0.475 e. The van der Waals surface area contributed by atoms with Gasteiger partial charge in [-0.2, -0.15) is 0 Å². The molecule has 4 heteroatoms. The number of oxazole rings is 1. The SMILES string of the molecule is CCc1nc(C2CC3CCC2C3)oc1C(=O)O. The summed E-state index contributed by atoms with van der Waals surface area (Å²) in [5.74, 6) is 1.58. The summed E-state index contributed by atoms with van der Waals surface area (Å²) in [6, 6.07) is 0. The van der Waals surface area contributed by atoms with E-state index in [-0.39, 0.29) is 5.76 Å². The predicted octanol–water partition coefficient (Wildman–Crippen LogP) is 2.84. The van der Waals surface area contributed by atoms with Crippen LogP contribution in [0.5, 0.6) is 0 Å². The van der Waals surface area contributed by atoms with E-state index in [9.17, 15) is 4.79 Å². The fraction of sp³-hybridized carbons (Fsp3) is 0.692. The molecule has 17 heavy (non-hydrogen) atoms. The first-order chi connectivity index (χ1) is 8.19. The Morgan fingerprint density at radius 1 is 1.47 bits per heavy atom. The van der Waals surface area contributed by atoms with E-state index in [4.69, 9.17) is 9.52 Å². The molecule has 1 N–H and O–H groups in total. The highest BCUT2D eigenvalue weighted by Gasteiger charge is 2.43. The zero-order chi connectivity index (χ0) is 12.0. The van der Waals surface area contributed by atoms with Gasteiger partial charge >= 0.3 is 5.97 Å². The Balaban J connectivity index is 1.91. The number of hydrogen-bond donors (Lipinski definition) is 1. The number of carboxylic acid groups (broad SMARTS) is 1. The van der Waals surface area contributed by atoms with Gasteiger partial charge in [-0.25, -0.2) is 9.78 Å². The van der Waals surface area contributed by atoms with Crippen LogP contribution in [0.4, 0.5) is 0 Å². The van der Waals surface area contributed by atoms with E-state index < -0.39 is 5.97 Å². The Labute approximate surface area is 100 Å². The molecular weight excluding hydrogens is 218 g/mol. The van der Waals surface area contributed by atoms with Gasteiger partial charge in [0, 0.05) is 5.92 Å². The summed E-state index contributed by atoms with van der Waals surface area (Å²) >= 11 is 0. The lowest BCUT2D eigenvalue weighted by Crippen LogP contribution is -2.08. The molecule has 2 saturated carbocycles. The summed E-state index contributed by atoms with van der Waals surface area (Å²) in [6.07, 6.45) is 5.60. The van der Waals surface area contributed by atoms with E-state index in [1.165, 1.54) is 19.3 Å². The molecule has 2 bridgehead atoms. The largest absolute Gasteiger partial charge is 0.475 e. The Morgan fingerprint density at radius 3 is 2.76 bits per heavy atom. The van der Waals surface area contributed by atoms with Crippen molar-refractivity contribution in [3.8, 4) is 0 Å². The second-order valence-corrected chi connectivity index (χ2v) is 5.27. The average Bonchev–Trinajstić information content (AvgIpc) is 3.02. The first kappa shape index (κ1) is 10.8. The third-order valence-corrected chi connectivity index (χ3v) is 4.30. The number of aryl methyl sites for hydroxylation is 1. The molecule has 0 radical (unpaired) electrons. The lowest BCUT2D eigenvalue weighted by atomic mass is 9.89. The van der Waals surface area contributed by atoms with Crippen LogP contribution in [0.3, 0.4) is 0 Å². The molecule has 3 atom stereocenters. The quantitative estimate of drug-likeness (QED) is 0.875. The minimum absolute atomic E-state index is 0.0465. The van der Waals surface area contributed by atoms with Crippen LogP contribution in [0.1, 0.15) is 60.7 Å². The van der Waals surface area contributed by atoms with E-state index in [0.29, 0.717) is 29.8 Å². The monoisotopic (exact) mass is 235 g/mol. The van der Waals surface area contributed by atoms with Gasteiger partial charge in [0.15, 0.2) is 5.89 Å². The Hall–Kier alpha value is -1.32. The maximum atomic E-state index is 11.0. The van der Waals surface area contributed by atoms with E-state index in [0.717, 1.165) is 12.3 Å². The van der Waals surface area contributed by atoms with Crippen LogP contribution in [0.25, 0.3) is 0 Å². The molecule has 2 aliphatic carbocycles. The standard InChI is InChI=1S/C13H17NO3/c1-2-10-11(13(15)16)17-12(14-10)9-6-7-3-4-8(9)5-7/h7-9H,2-6H2,1H3,(H,15,16). The number of hydrogen-bond acceptors (Lipinski definition) is 3. The van der Waals surface area contributed by atoms with Crippen molar-refractivity contribution in [1.29, 1.82) is 0 Å². The molecule has 0 aliphatic heterocycles. The fourth-order valence-electron chi connectivity index (χ4n) is 3.48. The van der Waals surface area contributed by atoms with Gasteiger partial charge in [-0.05, 0) is 37.5 Å². The lowest BCUT2D eigenvalue weighted by Gasteiger charge is -2.17. The van der Waals surface area contributed by atoms with Crippen molar-refractivity contribution in [3.05, 3.63) is 17.3 Å². The van der Waals surface area contributed by atoms with Crippen molar-refractivity contribution in [3.63, 3.8) is 0 Å². The van der Waals surface area contributed by atoms with Crippen molar-refractivity contribution in [1.82, 2.24) is 4.98 Å². The molecule has 92 valence electrons. The van der Waals surface area contributed by atoms with Crippen LogP contribution in [0.2, 0.25) is 0 Å². The van der Waals surface area contributed by atoms with Gasteiger partial charge in [-0.15, -0.1) is 0 Å².